The predicted molar refractivity (Wildman–Crippen MR) is 114 cm³/mol. The van der Waals surface area contributed by atoms with Gasteiger partial charge in [-0.2, -0.15) is 11.8 Å². The third-order valence-electron chi connectivity index (χ3n) is 5.34. The van der Waals surface area contributed by atoms with Crippen LogP contribution in [0.1, 0.15) is 41.6 Å². The molecule has 5 nitrogen and oxygen atoms in total. The van der Waals surface area contributed by atoms with Gasteiger partial charge in [-0.05, 0) is 68.2 Å². The van der Waals surface area contributed by atoms with Crippen LogP contribution in [0.3, 0.4) is 0 Å². The molecule has 1 aromatic rings. The molecule has 2 aliphatic heterocycles. The summed E-state index contributed by atoms with van der Waals surface area (Å²) in [5.74, 6) is 0.568. The Balaban J connectivity index is 0.00000280. The Morgan fingerprint density at radius 1 is 1.32 bits per heavy atom. The normalized spacial score (nSPS) is 21.9. The van der Waals surface area contributed by atoms with Crippen LogP contribution in [0.25, 0.3) is 0 Å². The molecule has 0 spiro atoms. The molecule has 2 amide bonds. The number of nitrogens with one attached hydrogen (secondary N) is 2. The van der Waals surface area contributed by atoms with Gasteiger partial charge in [-0.15, -0.1) is 12.4 Å². The van der Waals surface area contributed by atoms with Crippen molar-refractivity contribution in [2.75, 3.05) is 32.4 Å². The molecular weight excluding hydrogens is 401 g/mol. The number of hydrogen-bond acceptors (Lipinski definition) is 4. The van der Waals surface area contributed by atoms with Crippen molar-refractivity contribution in [3.05, 3.63) is 35.1 Å². The van der Waals surface area contributed by atoms with Crippen molar-refractivity contribution in [1.29, 1.82) is 0 Å². The highest BCUT2D eigenvalue weighted by Crippen LogP contribution is 2.21. The lowest BCUT2D eigenvalue weighted by Crippen LogP contribution is -2.46. The summed E-state index contributed by atoms with van der Waals surface area (Å²) in [6.07, 6.45) is 5.78. The topological polar surface area (TPSA) is 61.4 Å². The number of amides is 2. The van der Waals surface area contributed by atoms with Crippen molar-refractivity contribution in [3.8, 4) is 0 Å². The number of piperidine rings is 1. The number of nitrogens with zero attached hydrogens (tertiary/aromatic N) is 1. The average molecular weight is 430 g/mol. The first-order chi connectivity index (χ1) is 13.1. The predicted octanol–water partition coefficient (Wildman–Crippen LogP) is 2.83. The summed E-state index contributed by atoms with van der Waals surface area (Å²) >= 11 is 1.53. The van der Waals surface area contributed by atoms with Gasteiger partial charge in [-0.25, -0.2) is 4.39 Å². The highest BCUT2D eigenvalue weighted by atomic mass is 35.5. The monoisotopic (exact) mass is 429 g/mol. The molecule has 0 aliphatic carbocycles. The Bertz CT molecular complexity index is 685. The van der Waals surface area contributed by atoms with Gasteiger partial charge in [0.2, 0.25) is 5.91 Å². The minimum absolute atomic E-state index is 0. The van der Waals surface area contributed by atoms with Crippen LogP contribution < -0.4 is 10.6 Å². The first kappa shape index (κ1) is 23.0. The van der Waals surface area contributed by atoms with E-state index in [1.807, 2.05) is 11.2 Å². The molecule has 2 unspecified atom stereocenters. The molecule has 0 radical (unpaired) electrons. The number of rotatable bonds is 6. The van der Waals surface area contributed by atoms with Crippen LogP contribution in [0.2, 0.25) is 0 Å². The quantitative estimate of drug-likeness (QED) is 0.730. The molecular formula is C20H29ClFN3O2S. The molecule has 156 valence electrons. The molecule has 0 saturated carbocycles. The van der Waals surface area contributed by atoms with Crippen LogP contribution in [0.15, 0.2) is 18.2 Å². The van der Waals surface area contributed by atoms with E-state index in [2.05, 4.69) is 10.6 Å². The van der Waals surface area contributed by atoms with E-state index in [0.717, 1.165) is 32.2 Å². The molecule has 2 atom stereocenters. The maximum atomic E-state index is 13.8. The maximum Gasteiger partial charge on any atom is 0.253 e. The van der Waals surface area contributed by atoms with Crippen molar-refractivity contribution in [2.45, 2.75) is 37.5 Å². The van der Waals surface area contributed by atoms with Crippen molar-refractivity contribution >= 4 is 36.0 Å². The third-order valence-corrected chi connectivity index (χ3v) is 5.94. The van der Waals surface area contributed by atoms with Crippen molar-refractivity contribution in [3.63, 3.8) is 0 Å². The minimum Gasteiger partial charge on any atom is -0.354 e. The van der Waals surface area contributed by atoms with E-state index in [-0.39, 0.29) is 42.0 Å². The molecule has 2 saturated heterocycles. The standard InChI is InChI=1S/C20H28FN3O2S.ClH/c1-27-13-16-10-15(6-7-17(16)21)20(26)24-9-3-4-14(12-24)11-23-19(25)18-5-2-8-22-18;/h6-7,10,14,18,22H,2-5,8-9,11-13H2,1H3,(H,23,25);1H. The number of benzene rings is 1. The van der Waals surface area contributed by atoms with Crippen LogP contribution >= 0.6 is 24.2 Å². The largest absolute Gasteiger partial charge is 0.354 e. The lowest BCUT2D eigenvalue weighted by atomic mass is 9.97. The summed E-state index contributed by atoms with van der Waals surface area (Å²) in [7, 11) is 0. The van der Waals surface area contributed by atoms with E-state index in [1.54, 1.807) is 12.1 Å². The Kier molecular flexibility index (Phi) is 9.05. The van der Waals surface area contributed by atoms with Crippen LogP contribution in [0, 0.1) is 11.7 Å². The smallest absolute Gasteiger partial charge is 0.253 e. The first-order valence-electron chi connectivity index (χ1n) is 9.66. The number of halogens is 2. The molecule has 1 aromatic carbocycles. The zero-order valence-corrected chi connectivity index (χ0v) is 17.8. The summed E-state index contributed by atoms with van der Waals surface area (Å²) < 4.78 is 13.8. The molecule has 0 bridgehead atoms. The number of hydrogen-bond donors (Lipinski definition) is 2. The van der Waals surface area contributed by atoms with E-state index in [0.29, 0.717) is 36.5 Å². The average Bonchev–Trinajstić information content (AvgIpc) is 3.22. The zero-order chi connectivity index (χ0) is 19.2. The molecule has 3 rings (SSSR count). The zero-order valence-electron chi connectivity index (χ0n) is 16.2. The van der Waals surface area contributed by atoms with Gasteiger partial charge in [0.1, 0.15) is 5.82 Å². The molecule has 2 fully saturated rings. The van der Waals surface area contributed by atoms with Gasteiger partial charge in [0.15, 0.2) is 0 Å². The van der Waals surface area contributed by atoms with Gasteiger partial charge in [-0.1, -0.05) is 0 Å². The van der Waals surface area contributed by atoms with Crippen molar-refractivity contribution < 1.29 is 14.0 Å². The molecule has 2 heterocycles. The maximum absolute atomic E-state index is 13.8. The van der Waals surface area contributed by atoms with Crippen LogP contribution in [0.4, 0.5) is 4.39 Å². The molecule has 0 aromatic heterocycles. The SMILES string of the molecule is CSCc1cc(C(=O)N2CCCC(CNC(=O)C3CCCN3)C2)ccc1F.Cl. The van der Waals surface area contributed by atoms with E-state index in [9.17, 15) is 14.0 Å². The fraction of sp³-hybridized carbons (Fsp3) is 0.600. The van der Waals surface area contributed by atoms with Crippen LogP contribution in [-0.2, 0) is 10.5 Å². The highest BCUT2D eigenvalue weighted by molar-refractivity contribution is 7.97. The second kappa shape index (κ2) is 11.0. The molecule has 8 heteroatoms. The fourth-order valence-electron chi connectivity index (χ4n) is 3.85. The van der Waals surface area contributed by atoms with E-state index < -0.39 is 0 Å². The summed E-state index contributed by atoms with van der Waals surface area (Å²) in [6.45, 7) is 2.84. The number of likely N-dealkylation sites (tertiary alicyclic amines) is 1. The Hall–Kier alpha value is -1.31. The van der Waals surface area contributed by atoms with Crippen molar-refractivity contribution in [1.82, 2.24) is 15.5 Å². The lowest BCUT2D eigenvalue weighted by molar-refractivity contribution is -0.123. The van der Waals surface area contributed by atoms with Crippen LogP contribution in [-0.4, -0.2) is 55.2 Å². The van der Waals surface area contributed by atoms with E-state index >= 15 is 0 Å². The van der Waals surface area contributed by atoms with Gasteiger partial charge >= 0.3 is 0 Å². The number of carbonyl (C=O) groups excluding carboxylic acids is 2. The van der Waals surface area contributed by atoms with Gasteiger partial charge in [-0.3, -0.25) is 9.59 Å². The van der Waals surface area contributed by atoms with E-state index in [4.69, 9.17) is 0 Å². The number of carbonyl (C=O) groups is 2. The number of thioether (sulfide) groups is 1. The molecule has 2 N–H and O–H groups in total. The first-order valence-corrected chi connectivity index (χ1v) is 11.1. The van der Waals surface area contributed by atoms with Gasteiger partial charge in [0.25, 0.3) is 5.91 Å². The minimum atomic E-state index is -0.263. The summed E-state index contributed by atoms with van der Waals surface area (Å²) in [4.78, 5) is 26.9. The second-order valence-corrected chi connectivity index (χ2v) is 8.26. The van der Waals surface area contributed by atoms with Crippen molar-refractivity contribution in [2.24, 2.45) is 5.92 Å². The Labute approximate surface area is 176 Å². The molecule has 2 aliphatic rings. The van der Waals surface area contributed by atoms with E-state index in [1.165, 1.54) is 17.8 Å². The third kappa shape index (κ3) is 5.84. The Morgan fingerprint density at radius 3 is 2.86 bits per heavy atom. The summed E-state index contributed by atoms with van der Waals surface area (Å²) in [5, 5.41) is 6.24. The van der Waals surface area contributed by atoms with Crippen LogP contribution in [0.5, 0.6) is 0 Å². The lowest BCUT2D eigenvalue weighted by Gasteiger charge is -2.33. The van der Waals surface area contributed by atoms with Gasteiger partial charge < -0.3 is 15.5 Å². The fourth-order valence-corrected chi connectivity index (χ4v) is 4.38. The second-order valence-electron chi connectivity index (χ2n) is 7.39. The molecule has 28 heavy (non-hydrogen) atoms. The van der Waals surface area contributed by atoms with Gasteiger partial charge in [0, 0.05) is 31.0 Å². The summed E-state index contributed by atoms with van der Waals surface area (Å²) in [5.41, 5.74) is 1.11. The summed E-state index contributed by atoms with van der Waals surface area (Å²) in [6, 6.07) is 4.55. The highest BCUT2D eigenvalue weighted by Gasteiger charge is 2.27. The van der Waals surface area contributed by atoms with Gasteiger partial charge in [0.05, 0.1) is 6.04 Å². The Morgan fingerprint density at radius 2 is 2.14 bits per heavy atom.